The van der Waals surface area contributed by atoms with Crippen molar-refractivity contribution < 1.29 is 14.7 Å². The fourth-order valence-electron chi connectivity index (χ4n) is 3.73. The highest BCUT2D eigenvalue weighted by molar-refractivity contribution is 5.95. The van der Waals surface area contributed by atoms with E-state index in [1.165, 1.54) is 6.20 Å². The van der Waals surface area contributed by atoms with Gasteiger partial charge in [-0.3, -0.25) is 19.9 Å². The SMILES string of the molecule is CN(C)c1ncc(C(=O)NO)cc1-c1ccc(-c2ccc(CN3CCOCC3)nc2)cc1. The van der Waals surface area contributed by atoms with Crippen molar-refractivity contribution in [2.24, 2.45) is 0 Å². The molecule has 1 aromatic carbocycles. The summed E-state index contributed by atoms with van der Waals surface area (Å²) in [5.74, 6) is 0.144. The largest absolute Gasteiger partial charge is 0.379 e. The lowest BCUT2D eigenvalue weighted by Gasteiger charge is -2.26. The number of hydrogen-bond donors (Lipinski definition) is 2. The number of amides is 1. The number of pyridine rings is 2. The molecule has 1 aliphatic rings. The lowest BCUT2D eigenvalue weighted by molar-refractivity contribution is 0.0336. The van der Waals surface area contributed by atoms with Gasteiger partial charge in [-0.15, -0.1) is 0 Å². The van der Waals surface area contributed by atoms with Crippen molar-refractivity contribution in [3.8, 4) is 22.3 Å². The molecule has 3 aromatic rings. The van der Waals surface area contributed by atoms with Crippen LogP contribution < -0.4 is 10.4 Å². The van der Waals surface area contributed by atoms with E-state index in [9.17, 15) is 4.79 Å². The Kier molecular flexibility index (Phi) is 6.75. The number of hydrogen-bond acceptors (Lipinski definition) is 7. The predicted octanol–water partition coefficient (Wildman–Crippen LogP) is 2.83. The Labute approximate surface area is 187 Å². The van der Waals surface area contributed by atoms with E-state index in [4.69, 9.17) is 9.94 Å². The summed E-state index contributed by atoms with van der Waals surface area (Å²) >= 11 is 0. The average molecular weight is 434 g/mol. The van der Waals surface area contributed by atoms with Crippen LogP contribution in [0.25, 0.3) is 22.3 Å². The molecular formula is C24H27N5O3. The summed E-state index contributed by atoms with van der Waals surface area (Å²) < 4.78 is 5.40. The van der Waals surface area contributed by atoms with Crippen molar-refractivity contribution in [2.45, 2.75) is 6.54 Å². The molecule has 2 N–H and O–H groups in total. The smallest absolute Gasteiger partial charge is 0.276 e. The van der Waals surface area contributed by atoms with Gasteiger partial charge in [-0.2, -0.15) is 0 Å². The molecular weight excluding hydrogens is 406 g/mol. The van der Waals surface area contributed by atoms with Gasteiger partial charge in [0.05, 0.1) is 24.5 Å². The highest BCUT2D eigenvalue weighted by Crippen LogP contribution is 2.31. The minimum atomic E-state index is -0.594. The molecule has 1 amide bonds. The molecule has 0 bridgehead atoms. The van der Waals surface area contributed by atoms with Crippen LogP contribution in [0.15, 0.2) is 54.9 Å². The lowest BCUT2D eigenvalue weighted by Crippen LogP contribution is -2.35. The predicted molar refractivity (Wildman–Crippen MR) is 123 cm³/mol. The van der Waals surface area contributed by atoms with E-state index in [2.05, 4.69) is 27.0 Å². The maximum absolute atomic E-state index is 11.8. The first-order valence-electron chi connectivity index (χ1n) is 10.5. The van der Waals surface area contributed by atoms with Gasteiger partial charge in [0.2, 0.25) is 0 Å². The second-order valence-electron chi connectivity index (χ2n) is 7.93. The molecule has 0 spiro atoms. The molecule has 2 aromatic heterocycles. The molecule has 32 heavy (non-hydrogen) atoms. The Bertz CT molecular complexity index is 1060. The molecule has 0 saturated carbocycles. The van der Waals surface area contributed by atoms with Crippen LogP contribution >= 0.6 is 0 Å². The number of morpholine rings is 1. The fourth-order valence-corrected chi connectivity index (χ4v) is 3.73. The van der Waals surface area contributed by atoms with Crippen molar-refractivity contribution in [2.75, 3.05) is 45.3 Å². The summed E-state index contributed by atoms with van der Waals surface area (Å²) in [4.78, 5) is 25.1. The van der Waals surface area contributed by atoms with Crippen LogP contribution in [0.2, 0.25) is 0 Å². The maximum atomic E-state index is 11.8. The third kappa shape index (κ3) is 4.94. The van der Waals surface area contributed by atoms with Gasteiger partial charge in [0.1, 0.15) is 5.82 Å². The van der Waals surface area contributed by atoms with E-state index >= 15 is 0 Å². The zero-order valence-corrected chi connectivity index (χ0v) is 18.3. The quantitative estimate of drug-likeness (QED) is 0.456. The van der Waals surface area contributed by atoms with E-state index in [1.54, 1.807) is 11.5 Å². The first-order chi connectivity index (χ1) is 15.5. The number of benzene rings is 1. The third-order valence-electron chi connectivity index (χ3n) is 5.50. The van der Waals surface area contributed by atoms with Crippen LogP contribution in [0, 0.1) is 0 Å². The number of anilines is 1. The summed E-state index contributed by atoms with van der Waals surface area (Å²) in [7, 11) is 3.80. The highest BCUT2D eigenvalue weighted by Gasteiger charge is 2.14. The summed E-state index contributed by atoms with van der Waals surface area (Å²) in [6.07, 6.45) is 3.35. The number of rotatable bonds is 6. The number of hydroxylamine groups is 1. The number of aromatic nitrogens is 2. The van der Waals surface area contributed by atoms with Crippen molar-refractivity contribution in [1.29, 1.82) is 0 Å². The normalized spacial score (nSPS) is 14.2. The molecule has 0 unspecified atom stereocenters. The van der Waals surface area contributed by atoms with Crippen LogP contribution in [0.4, 0.5) is 5.82 Å². The van der Waals surface area contributed by atoms with Gasteiger partial charge in [-0.25, -0.2) is 10.5 Å². The fraction of sp³-hybridized carbons (Fsp3) is 0.292. The number of ether oxygens (including phenoxy) is 1. The van der Waals surface area contributed by atoms with E-state index < -0.39 is 5.91 Å². The van der Waals surface area contributed by atoms with Crippen molar-refractivity contribution >= 4 is 11.7 Å². The van der Waals surface area contributed by atoms with E-state index in [0.29, 0.717) is 0 Å². The van der Waals surface area contributed by atoms with Gasteiger partial charge >= 0.3 is 0 Å². The van der Waals surface area contributed by atoms with Crippen LogP contribution in [-0.4, -0.2) is 66.4 Å². The molecule has 166 valence electrons. The molecule has 0 aliphatic carbocycles. The topological polar surface area (TPSA) is 90.8 Å². The Morgan fingerprint density at radius 3 is 2.34 bits per heavy atom. The molecule has 3 heterocycles. The van der Waals surface area contributed by atoms with Crippen molar-refractivity contribution in [3.63, 3.8) is 0 Å². The van der Waals surface area contributed by atoms with Crippen LogP contribution in [-0.2, 0) is 11.3 Å². The number of carbonyl (C=O) groups excluding carboxylic acids is 1. The maximum Gasteiger partial charge on any atom is 0.276 e. The molecule has 1 fully saturated rings. The van der Waals surface area contributed by atoms with Crippen molar-refractivity contribution in [3.05, 3.63) is 66.1 Å². The molecule has 4 rings (SSSR count). The third-order valence-corrected chi connectivity index (χ3v) is 5.50. The van der Waals surface area contributed by atoms with Gasteiger partial charge in [0, 0.05) is 57.3 Å². The van der Waals surface area contributed by atoms with Gasteiger partial charge in [-0.05, 0) is 23.3 Å². The summed E-state index contributed by atoms with van der Waals surface area (Å²) in [6, 6.07) is 14.0. The average Bonchev–Trinajstić information content (AvgIpc) is 2.84. The first-order valence-corrected chi connectivity index (χ1v) is 10.5. The second-order valence-corrected chi connectivity index (χ2v) is 7.93. The van der Waals surface area contributed by atoms with E-state index in [1.807, 2.05) is 49.5 Å². The number of nitrogens with one attached hydrogen (secondary N) is 1. The van der Waals surface area contributed by atoms with Gasteiger partial charge < -0.3 is 9.64 Å². The monoisotopic (exact) mass is 433 g/mol. The minimum Gasteiger partial charge on any atom is -0.379 e. The number of carbonyl (C=O) groups is 1. The van der Waals surface area contributed by atoms with Crippen LogP contribution in [0.3, 0.4) is 0 Å². The number of nitrogens with zero attached hydrogens (tertiary/aromatic N) is 4. The molecule has 8 heteroatoms. The first kappa shape index (κ1) is 21.9. The van der Waals surface area contributed by atoms with E-state index in [0.717, 1.165) is 66.6 Å². The molecule has 0 atom stereocenters. The van der Waals surface area contributed by atoms with Crippen LogP contribution in [0.1, 0.15) is 16.1 Å². The van der Waals surface area contributed by atoms with Crippen LogP contribution in [0.5, 0.6) is 0 Å². The second kappa shape index (κ2) is 9.86. The lowest BCUT2D eigenvalue weighted by atomic mass is 10.00. The molecule has 1 aliphatic heterocycles. The van der Waals surface area contributed by atoms with E-state index in [-0.39, 0.29) is 5.56 Å². The Morgan fingerprint density at radius 2 is 1.72 bits per heavy atom. The van der Waals surface area contributed by atoms with Gasteiger partial charge in [-0.1, -0.05) is 30.3 Å². The summed E-state index contributed by atoms with van der Waals surface area (Å²) in [5, 5.41) is 8.95. The zero-order chi connectivity index (χ0) is 22.5. The minimum absolute atomic E-state index is 0.289. The highest BCUT2D eigenvalue weighted by atomic mass is 16.5. The van der Waals surface area contributed by atoms with Gasteiger partial charge in [0.15, 0.2) is 0 Å². The Balaban J connectivity index is 1.55. The van der Waals surface area contributed by atoms with Crippen molar-refractivity contribution in [1.82, 2.24) is 20.3 Å². The Hall–Kier alpha value is -3.33. The zero-order valence-electron chi connectivity index (χ0n) is 18.3. The molecule has 1 saturated heterocycles. The molecule has 8 nitrogen and oxygen atoms in total. The summed E-state index contributed by atoms with van der Waals surface area (Å²) in [5.41, 5.74) is 6.83. The summed E-state index contributed by atoms with van der Waals surface area (Å²) in [6.45, 7) is 4.28. The Morgan fingerprint density at radius 1 is 1.03 bits per heavy atom. The molecule has 0 radical (unpaired) electrons. The van der Waals surface area contributed by atoms with Gasteiger partial charge in [0.25, 0.3) is 5.91 Å². The standard InChI is InChI=1S/C24H27N5O3/c1-28(2)23-22(13-20(15-26-23)24(30)27-31)18-5-3-17(4-6-18)19-7-8-21(25-14-19)16-29-9-11-32-12-10-29/h3-8,13-15,31H,9-12,16H2,1-2H3,(H,27,30).